The van der Waals surface area contributed by atoms with Crippen molar-refractivity contribution in [2.45, 2.75) is 19.4 Å². The SMILES string of the molecule is COCCCN1C(=O)C(=O)C(=C(O)c2ccc(OC)c(C)c2)[C@@H]1c1ccc(Br)cc1. The van der Waals surface area contributed by atoms with Crippen molar-refractivity contribution in [2.24, 2.45) is 0 Å². The Morgan fingerprint density at radius 2 is 1.83 bits per heavy atom. The molecule has 1 aliphatic heterocycles. The molecule has 0 spiro atoms. The molecule has 2 aromatic carbocycles. The summed E-state index contributed by atoms with van der Waals surface area (Å²) in [7, 11) is 3.16. The molecule has 0 aromatic heterocycles. The highest BCUT2D eigenvalue weighted by Gasteiger charge is 2.45. The van der Waals surface area contributed by atoms with Crippen molar-refractivity contribution < 1.29 is 24.2 Å². The molecule has 30 heavy (non-hydrogen) atoms. The van der Waals surface area contributed by atoms with E-state index in [2.05, 4.69) is 15.9 Å². The lowest BCUT2D eigenvalue weighted by Crippen LogP contribution is -2.31. The van der Waals surface area contributed by atoms with Crippen LogP contribution in [-0.2, 0) is 14.3 Å². The molecule has 3 rings (SSSR count). The van der Waals surface area contributed by atoms with Crippen LogP contribution in [0.5, 0.6) is 5.75 Å². The van der Waals surface area contributed by atoms with E-state index >= 15 is 0 Å². The lowest BCUT2D eigenvalue weighted by Gasteiger charge is -2.25. The molecule has 7 heteroatoms. The summed E-state index contributed by atoms with van der Waals surface area (Å²) in [4.78, 5) is 27.3. The van der Waals surface area contributed by atoms with Gasteiger partial charge < -0.3 is 19.5 Å². The maximum Gasteiger partial charge on any atom is 0.295 e. The molecular weight excluding hydrogens is 450 g/mol. The first-order chi connectivity index (χ1) is 14.4. The quantitative estimate of drug-likeness (QED) is 0.282. The second-order valence-corrected chi connectivity index (χ2v) is 7.99. The molecule has 1 N–H and O–H groups in total. The number of Topliss-reactive ketones (excluding diaryl/α,β-unsaturated/α-hetero) is 1. The van der Waals surface area contributed by atoms with Crippen molar-refractivity contribution in [3.8, 4) is 5.75 Å². The van der Waals surface area contributed by atoms with E-state index in [1.54, 1.807) is 32.4 Å². The molecule has 0 radical (unpaired) electrons. The first-order valence-corrected chi connectivity index (χ1v) is 10.4. The van der Waals surface area contributed by atoms with Crippen LogP contribution in [0, 0.1) is 6.92 Å². The molecule has 0 aliphatic carbocycles. The van der Waals surface area contributed by atoms with E-state index in [1.165, 1.54) is 4.90 Å². The Morgan fingerprint density at radius 3 is 2.43 bits per heavy atom. The fourth-order valence-electron chi connectivity index (χ4n) is 3.66. The second-order valence-electron chi connectivity index (χ2n) is 7.07. The fourth-order valence-corrected chi connectivity index (χ4v) is 3.93. The number of rotatable bonds is 7. The maximum absolute atomic E-state index is 12.9. The number of carbonyl (C=O) groups excluding carboxylic acids is 2. The Labute approximate surface area is 184 Å². The van der Waals surface area contributed by atoms with Crippen molar-refractivity contribution >= 4 is 33.4 Å². The van der Waals surface area contributed by atoms with Gasteiger partial charge in [0.1, 0.15) is 11.5 Å². The lowest BCUT2D eigenvalue weighted by molar-refractivity contribution is -0.140. The summed E-state index contributed by atoms with van der Waals surface area (Å²) in [5, 5.41) is 11.1. The van der Waals surface area contributed by atoms with Gasteiger partial charge in [0.2, 0.25) is 0 Å². The monoisotopic (exact) mass is 473 g/mol. The van der Waals surface area contributed by atoms with Gasteiger partial charge in [-0.1, -0.05) is 28.1 Å². The number of methoxy groups -OCH3 is 2. The summed E-state index contributed by atoms with van der Waals surface area (Å²) in [6.45, 7) is 2.66. The van der Waals surface area contributed by atoms with Crippen LogP contribution in [0.15, 0.2) is 52.5 Å². The third-order valence-corrected chi connectivity index (χ3v) is 5.67. The number of halogens is 1. The molecule has 1 amide bonds. The third kappa shape index (κ3) is 4.27. The van der Waals surface area contributed by atoms with Crippen molar-refractivity contribution in [1.82, 2.24) is 4.90 Å². The number of ketones is 1. The van der Waals surface area contributed by atoms with E-state index in [9.17, 15) is 14.7 Å². The van der Waals surface area contributed by atoms with Crippen LogP contribution in [0.4, 0.5) is 0 Å². The normalized spacial score (nSPS) is 18.1. The minimum absolute atomic E-state index is 0.0873. The Bertz CT molecular complexity index is 984. The standard InChI is InChI=1S/C23H24BrNO5/c1-14-13-16(7-10-18(14)30-3)21(26)19-20(15-5-8-17(24)9-6-15)25(11-4-12-29-2)23(28)22(19)27/h5-10,13,20,26H,4,11-12H2,1-3H3/t20-/m0/s1. The molecule has 6 nitrogen and oxygen atoms in total. The van der Waals surface area contributed by atoms with E-state index < -0.39 is 17.7 Å². The minimum atomic E-state index is -0.689. The van der Waals surface area contributed by atoms with Gasteiger partial charge >= 0.3 is 0 Å². The van der Waals surface area contributed by atoms with Gasteiger partial charge in [-0.15, -0.1) is 0 Å². The van der Waals surface area contributed by atoms with E-state index in [-0.39, 0.29) is 11.3 Å². The van der Waals surface area contributed by atoms with Gasteiger partial charge in [0.15, 0.2) is 0 Å². The summed E-state index contributed by atoms with van der Waals surface area (Å²) < 4.78 is 11.3. The van der Waals surface area contributed by atoms with Gasteiger partial charge in [0.05, 0.1) is 18.7 Å². The van der Waals surface area contributed by atoms with Crippen molar-refractivity contribution in [3.63, 3.8) is 0 Å². The largest absolute Gasteiger partial charge is 0.507 e. The molecular formula is C23H24BrNO5. The van der Waals surface area contributed by atoms with Gasteiger partial charge in [-0.25, -0.2) is 0 Å². The van der Waals surface area contributed by atoms with Crippen molar-refractivity contribution in [3.05, 3.63) is 69.2 Å². The molecule has 1 fully saturated rings. The number of nitrogens with zero attached hydrogens (tertiary/aromatic N) is 1. The molecule has 1 saturated heterocycles. The van der Waals surface area contributed by atoms with Gasteiger partial charge in [-0.05, 0) is 54.8 Å². The van der Waals surface area contributed by atoms with Crippen LogP contribution >= 0.6 is 15.9 Å². The smallest absolute Gasteiger partial charge is 0.295 e. The number of amides is 1. The number of carbonyl (C=O) groups is 2. The number of ether oxygens (including phenoxy) is 2. The number of benzene rings is 2. The van der Waals surface area contributed by atoms with E-state index in [4.69, 9.17) is 9.47 Å². The summed E-state index contributed by atoms with van der Waals surface area (Å²) in [5.41, 5.74) is 2.12. The number of hydrogen-bond acceptors (Lipinski definition) is 5. The zero-order valence-corrected chi connectivity index (χ0v) is 18.7. The Hall–Kier alpha value is -2.64. The van der Waals surface area contributed by atoms with E-state index in [0.717, 1.165) is 15.6 Å². The minimum Gasteiger partial charge on any atom is -0.507 e. The van der Waals surface area contributed by atoms with E-state index in [0.29, 0.717) is 30.9 Å². The van der Waals surface area contributed by atoms with Crippen LogP contribution in [0.1, 0.15) is 29.2 Å². The Kier molecular flexibility index (Phi) is 6.95. The average molecular weight is 474 g/mol. The van der Waals surface area contributed by atoms with Crippen LogP contribution in [0.2, 0.25) is 0 Å². The topological polar surface area (TPSA) is 76.1 Å². The number of aliphatic hydroxyl groups excluding tert-OH is 1. The molecule has 0 bridgehead atoms. The maximum atomic E-state index is 12.9. The second kappa shape index (κ2) is 9.45. The van der Waals surface area contributed by atoms with Crippen LogP contribution in [0.25, 0.3) is 5.76 Å². The van der Waals surface area contributed by atoms with Crippen molar-refractivity contribution in [2.75, 3.05) is 27.4 Å². The molecule has 1 atom stereocenters. The molecule has 158 valence electrons. The van der Waals surface area contributed by atoms with E-state index in [1.807, 2.05) is 31.2 Å². The zero-order chi connectivity index (χ0) is 21.8. The fraction of sp³-hybridized carbons (Fsp3) is 0.304. The van der Waals surface area contributed by atoms with Gasteiger partial charge in [-0.2, -0.15) is 0 Å². The molecule has 0 saturated carbocycles. The predicted molar refractivity (Wildman–Crippen MR) is 117 cm³/mol. The van der Waals surface area contributed by atoms with Gasteiger partial charge in [-0.3, -0.25) is 9.59 Å². The number of aliphatic hydroxyl groups is 1. The lowest BCUT2D eigenvalue weighted by atomic mass is 9.95. The van der Waals surface area contributed by atoms with Gasteiger partial charge in [0, 0.05) is 30.3 Å². The molecule has 0 unspecified atom stereocenters. The third-order valence-electron chi connectivity index (χ3n) is 5.14. The average Bonchev–Trinajstić information content (AvgIpc) is 2.99. The summed E-state index contributed by atoms with van der Waals surface area (Å²) in [5.74, 6) is -0.825. The first-order valence-electron chi connectivity index (χ1n) is 9.56. The summed E-state index contributed by atoms with van der Waals surface area (Å²) in [6, 6.07) is 11.9. The molecule has 1 aliphatic rings. The number of hydrogen-bond donors (Lipinski definition) is 1. The highest BCUT2D eigenvalue weighted by atomic mass is 79.9. The van der Waals surface area contributed by atoms with Crippen LogP contribution in [-0.4, -0.2) is 49.1 Å². The Morgan fingerprint density at radius 1 is 1.13 bits per heavy atom. The number of aryl methyl sites for hydroxylation is 1. The van der Waals surface area contributed by atoms with Crippen molar-refractivity contribution in [1.29, 1.82) is 0 Å². The van der Waals surface area contributed by atoms with Crippen LogP contribution in [0.3, 0.4) is 0 Å². The summed E-state index contributed by atoms with van der Waals surface area (Å²) in [6.07, 6.45) is 0.582. The van der Waals surface area contributed by atoms with Gasteiger partial charge in [0.25, 0.3) is 11.7 Å². The molecule has 2 aromatic rings. The summed E-state index contributed by atoms with van der Waals surface area (Å²) >= 11 is 3.41. The Balaban J connectivity index is 2.12. The first kappa shape index (κ1) is 22.1. The highest BCUT2D eigenvalue weighted by molar-refractivity contribution is 9.10. The highest BCUT2D eigenvalue weighted by Crippen LogP contribution is 2.40. The predicted octanol–water partition coefficient (Wildman–Crippen LogP) is 4.22. The van der Waals surface area contributed by atoms with Crippen LogP contribution < -0.4 is 4.74 Å². The zero-order valence-electron chi connectivity index (χ0n) is 17.1. The molecule has 1 heterocycles. The number of likely N-dealkylation sites (tertiary alicyclic amines) is 1.